The number of hydrogen-bond donors (Lipinski definition) is 2. The lowest BCUT2D eigenvalue weighted by molar-refractivity contribution is -0.127. The highest BCUT2D eigenvalue weighted by Gasteiger charge is 2.30. The summed E-state index contributed by atoms with van der Waals surface area (Å²) in [6.07, 6.45) is 4.20. The van der Waals surface area contributed by atoms with E-state index in [0.29, 0.717) is 45.1 Å². The number of fused-ring (bicyclic) bond motifs is 2. The maximum Gasteiger partial charge on any atom is 0.302 e. The van der Waals surface area contributed by atoms with Gasteiger partial charge in [0.05, 0.1) is 28.2 Å². The molecule has 5 rings (SSSR count). The molecule has 1 atom stereocenters. The van der Waals surface area contributed by atoms with Crippen LogP contribution in [0.25, 0.3) is 22.0 Å². The number of likely N-dealkylation sites (tertiary alicyclic amines) is 1. The Balaban J connectivity index is 1.54. The molecule has 1 saturated heterocycles. The van der Waals surface area contributed by atoms with Gasteiger partial charge in [-0.2, -0.15) is 10.1 Å². The molecule has 0 aliphatic carbocycles. The molecule has 174 valence electrons. The lowest BCUT2D eigenvalue weighted by Gasteiger charge is -2.32. The maximum atomic E-state index is 13.2. The Labute approximate surface area is 203 Å². The van der Waals surface area contributed by atoms with E-state index in [2.05, 4.69) is 27.0 Å². The quantitative estimate of drug-likeness (QED) is 0.404. The van der Waals surface area contributed by atoms with E-state index in [4.69, 9.17) is 33.4 Å². The summed E-state index contributed by atoms with van der Waals surface area (Å²) in [5.41, 5.74) is 7.60. The molecule has 0 unspecified atom stereocenters. The monoisotopic (exact) mass is 499 g/mol. The van der Waals surface area contributed by atoms with Gasteiger partial charge in [-0.1, -0.05) is 29.8 Å². The van der Waals surface area contributed by atoms with Gasteiger partial charge in [0.25, 0.3) is 5.91 Å². The Morgan fingerprint density at radius 1 is 1.32 bits per heavy atom. The predicted octanol–water partition coefficient (Wildman–Crippen LogP) is 4.06. The van der Waals surface area contributed by atoms with E-state index in [9.17, 15) is 9.59 Å². The van der Waals surface area contributed by atoms with Crippen LogP contribution in [0.15, 0.2) is 41.5 Å². The summed E-state index contributed by atoms with van der Waals surface area (Å²) in [6, 6.07) is 4.72. The third-order valence-corrected chi connectivity index (χ3v) is 6.24. The van der Waals surface area contributed by atoms with Crippen LogP contribution in [-0.4, -0.2) is 49.6 Å². The van der Waals surface area contributed by atoms with Crippen molar-refractivity contribution in [2.24, 2.45) is 0 Å². The van der Waals surface area contributed by atoms with Gasteiger partial charge in [-0.25, -0.2) is 4.98 Å². The molecule has 34 heavy (non-hydrogen) atoms. The first kappa shape index (κ1) is 22.2. The minimum atomic E-state index is -0.591. The van der Waals surface area contributed by atoms with Crippen LogP contribution in [0.4, 0.5) is 11.8 Å². The minimum Gasteiger partial charge on any atom is -0.423 e. The SMILES string of the molecule is C=CC(=O)N1CCC[C@@H](n2nc(C(=O)Nc3nc4cc(Cl)ccc4o3)c3c(N)ncc(Cl)c32)C1. The molecule has 0 spiro atoms. The fourth-order valence-corrected chi connectivity index (χ4v) is 4.57. The van der Waals surface area contributed by atoms with Crippen molar-refractivity contribution in [2.45, 2.75) is 18.9 Å². The normalized spacial score (nSPS) is 16.2. The van der Waals surface area contributed by atoms with Crippen molar-refractivity contribution < 1.29 is 14.0 Å². The number of nitrogens with two attached hydrogens (primary N) is 1. The predicted molar refractivity (Wildman–Crippen MR) is 129 cm³/mol. The first-order valence-electron chi connectivity index (χ1n) is 10.5. The van der Waals surface area contributed by atoms with E-state index in [-0.39, 0.29) is 29.5 Å². The Morgan fingerprint density at radius 2 is 2.15 bits per heavy atom. The number of amides is 2. The van der Waals surface area contributed by atoms with Crippen LogP contribution < -0.4 is 11.1 Å². The van der Waals surface area contributed by atoms with E-state index < -0.39 is 5.91 Å². The summed E-state index contributed by atoms with van der Waals surface area (Å²) < 4.78 is 7.25. The molecule has 1 fully saturated rings. The van der Waals surface area contributed by atoms with Crippen molar-refractivity contribution in [1.29, 1.82) is 0 Å². The number of hydrogen-bond acceptors (Lipinski definition) is 7. The van der Waals surface area contributed by atoms with Gasteiger partial charge in [0, 0.05) is 18.1 Å². The number of aromatic nitrogens is 4. The lowest BCUT2D eigenvalue weighted by atomic mass is 10.1. The lowest BCUT2D eigenvalue weighted by Crippen LogP contribution is -2.40. The number of pyridine rings is 1. The van der Waals surface area contributed by atoms with Crippen LogP contribution in [0.2, 0.25) is 10.0 Å². The third kappa shape index (κ3) is 3.84. The van der Waals surface area contributed by atoms with Gasteiger partial charge in [-0.15, -0.1) is 0 Å². The molecule has 1 aromatic carbocycles. The number of anilines is 2. The molecule has 10 nitrogen and oxygen atoms in total. The molecule has 3 aromatic heterocycles. The molecule has 4 heterocycles. The minimum absolute atomic E-state index is 0.0149. The fourth-order valence-electron chi connectivity index (χ4n) is 4.17. The standard InChI is InChI=1S/C22H19Cl2N7O3/c1-2-16(32)30-7-3-4-12(10-30)31-19-13(24)9-26-20(25)17(19)18(29-31)21(33)28-22-27-14-8-11(23)5-6-15(14)34-22/h2,5-6,8-9,12H,1,3-4,7,10H2,(H2,25,26)(H,27,28,33)/t12-/m1/s1. The number of benzene rings is 1. The van der Waals surface area contributed by atoms with Crippen molar-refractivity contribution in [3.05, 3.63) is 52.8 Å². The molecule has 0 bridgehead atoms. The highest BCUT2D eigenvalue weighted by atomic mass is 35.5. The summed E-state index contributed by atoms with van der Waals surface area (Å²) in [5.74, 6) is -0.649. The zero-order chi connectivity index (χ0) is 24.0. The largest absolute Gasteiger partial charge is 0.423 e. The second-order valence-electron chi connectivity index (χ2n) is 7.88. The second kappa shape index (κ2) is 8.62. The maximum absolute atomic E-state index is 13.2. The van der Waals surface area contributed by atoms with Crippen molar-refractivity contribution in [1.82, 2.24) is 24.6 Å². The van der Waals surface area contributed by atoms with Crippen LogP contribution in [0.5, 0.6) is 0 Å². The van der Waals surface area contributed by atoms with E-state index in [1.54, 1.807) is 27.8 Å². The Kier molecular flexibility index (Phi) is 5.62. The highest BCUT2D eigenvalue weighted by molar-refractivity contribution is 6.36. The molecule has 4 aromatic rings. The van der Waals surface area contributed by atoms with Gasteiger partial charge in [0.2, 0.25) is 5.91 Å². The van der Waals surface area contributed by atoms with Crippen molar-refractivity contribution in [3.8, 4) is 0 Å². The number of nitrogen functional groups attached to an aromatic ring is 1. The molecule has 1 aliphatic heterocycles. The number of nitrogens with one attached hydrogen (secondary N) is 1. The van der Waals surface area contributed by atoms with Crippen LogP contribution in [-0.2, 0) is 4.79 Å². The van der Waals surface area contributed by atoms with Gasteiger partial charge < -0.3 is 15.1 Å². The first-order chi connectivity index (χ1) is 16.4. The molecule has 0 radical (unpaired) electrons. The molecule has 1 aliphatic rings. The summed E-state index contributed by atoms with van der Waals surface area (Å²) >= 11 is 12.5. The third-order valence-electron chi connectivity index (χ3n) is 5.72. The highest BCUT2D eigenvalue weighted by Crippen LogP contribution is 2.34. The topological polar surface area (TPSA) is 132 Å². The van der Waals surface area contributed by atoms with E-state index in [1.165, 1.54) is 12.3 Å². The number of nitrogens with zero attached hydrogens (tertiary/aromatic N) is 5. The van der Waals surface area contributed by atoms with Crippen LogP contribution in [0, 0.1) is 0 Å². The fraction of sp³-hybridized carbons (Fsp3) is 0.227. The van der Waals surface area contributed by atoms with E-state index in [1.807, 2.05) is 0 Å². The van der Waals surface area contributed by atoms with Crippen LogP contribution in [0.1, 0.15) is 29.4 Å². The number of halogens is 2. The number of oxazole rings is 1. The zero-order valence-corrected chi connectivity index (χ0v) is 19.3. The first-order valence-corrected chi connectivity index (χ1v) is 11.2. The summed E-state index contributed by atoms with van der Waals surface area (Å²) in [7, 11) is 0. The summed E-state index contributed by atoms with van der Waals surface area (Å²) in [4.78, 5) is 35.4. The average Bonchev–Trinajstić information content (AvgIpc) is 3.43. The Morgan fingerprint density at radius 3 is 2.94 bits per heavy atom. The molecule has 2 amide bonds. The summed E-state index contributed by atoms with van der Waals surface area (Å²) in [5, 5.41) is 8.28. The molecule has 0 saturated carbocycles. The molecular formula is C22H19Cl2N7O3. The van der Waals surface area contributed by atoms with Gasteiger partial charge in [0.1, 0.15) is 11.3 Å². The van der Waals surface area contributed by atoms with E-state index in [0.717, 1.165) is 12.8 Å². The second-order valence-corrected chi connectivity index (χ2v) is 8.72. The van der Waals surface area contributed by atoms with Crippen LogP contribution >= 0.6 is 23.2 Å². The van der Waals surface area contributed by atoms with Gasteiger partial charge >= 0.3 is 6.01 Å². The summed E-state index contributed by atoms with van der Waals surface area (Å²) in [6.45, 7) is 4.58. The van der Waals surface area contributed by atoms with Crippen molar-refractivity contribution in [3.63, 3.8) is 0 Å². The molecule has 12 heteroatoms. The smallest absolute Gasteiger partial charge is 0.302 e. The van der Waals surface area contributed by atoms with Crippen LogP contribution in [0.3, 0.4) is 0 Å². The van der Waals surface area contributed by atoms with Gasteiger partial charge in [-0.05, 0) is 37.1 Å². The average molecular weight is 500 g/mol. The zero-order valence-electron chi connectivity index (χ0n) is 17.8. The number of rotatable bonds is 4. The van der Waals surface area contributed by atoms with Gasteiger partial charge in [0.15, 0.2) is 11.3 Å². The molecule has 3 N–H and O–H groups in total. The number of carbonyl (C=O) groups is 2. The number of carbonyl (C=O) groups excluding carboxylic acids is 2. The molecular weight excluding hydrogens is 481 g/mol. The Hall–Kier alpha value is -3.63. The van der Waals surface area contributed by atoms with Crippen molar-refractivity contribution in [2.75, 3.05) is 24.1 Å². The van der Waals surface area contributed by atoms with Crippen molar-refractivity contribution >= 4 is 68.9 Å². The van der Waals surface area contributed by atoms with Gasteiger partial charge in [-0.3, -0.25) is 19.6 Å². The number of piperidine rings is 1. The van der Waals surface area contributed by atoms with E-state index >= 15 is 0 Å². The Bertz CT molecular complexity index is 1460.